The van der Waals surface area contributed by atoms with E-state index in [2.05, 4.69) is 4.74 Å². The van der Waals surface area contributed by atoms with Gasteiger partial charge < -0.3 is 15.2 Å². The highest BCUT2D eigenvalue weighted by Crippen LogP contribution is 2.17. The van der Waals surface area contributed by atoms with Crippen molar-refractivity contribution in [3.63, 3.8) is 0 Å². The zero-order valence-corrected chi connectivity index (χ0v) is 10.1. The fourth-order valence-electron chi connectivity index (χ4n) is 1.20. The van der Waals surface area contributed by atoms with E-state index >= 15 is 0 Å². The van der Waals surface area contributed by atoms with Crippen LogP contribution in [0.1, 0.15) is 18.5 Å². The summed E-state index contributed by atoms with van der Waals surface area (Å²) in [5, 5.41) is 0. The van der Waals surface area contributed by atoms with E-state index in [1.165, 1.54) is 7.11 Å². The number of carbonyl (C=O) groups is 1. The first-order chi connectivity index (χ1) is 7.19. The van der Waals surface area contributed by atoms with Crippen molar-refractivity contribution in [2.24, 2.45) is 5.73 Å². The molecule has 5 heteroatoms. The van der Waals surface area contributed by atoms with E-state index in [0.29, 0.717) is 12.2 Å². The smallest absolute Gasteiger partial charge is 0.327 e. The maximum atomic E-state index is 11.1. The average Bonchev–Trinajstić information content (AvgIpc) is 2.28. The van der Waals surface area contributed by atoms with Crippen LogP contribution in [0.15, 0.2) is 24.3 Å². The summed E-state index contributed by atoms with van der Waals surface area (Å²) < 4.78 is 9.82. The molecule has 1 aromatic carbocycles. The molecule has 0 aliphatic carbocycles. The Balaban J connectivity index is 0.00000225. The Hall–Kier alpha value is -1.26. The fraction of sp³-hybridized carbons (Fsp3) is 0.364. The summed E-state index contributed by atoms with van der Waals surface area (Å²) in [5.74, 6) is 0.317. The van der Waals surface area contributed by atoms with E-state index in [1.807, 2.05) is 6.92 Å². The largest absolute Gasteiger partial charge is 0.494 e. The lowest BCUT2D eigenvalue weighted by Gasteiger charge is -2.10. The predicted octanol–water partition coefficient (Wildman–Crippen LogP) is 1.68. The van der Waals surface area contributed by atoms with Crippen LogP contribution in [-0.2, 0) is 9.53 Å². The Kier molecular flexibility index (Phi) is 6.53. The van der Waals surface area contributed by atoms with Crippen LogP contribution >= 0.6 is 12.4 Å². The number of rotatable bonds is 4. The monoisotopic (exact) mass is 245 g/mol. The lowest BCUT2D eigenvalue weighted by atomic mass is 10.1. The first-order valence-electron chi connectivity index (χ1n) is 4.75. The Morgan fingerprint density at radius 3 is 2.38 bits per heavy atom. The van der Waals surface area contributed by atoms with Crippen molar-refractivity contribution in [2.75, 3.05) is 13.7 Å². The average molecular weight is 246 g/mol. The van der Waals surface area contributed by atoms with Gasteiger partial charge in [0.1, 0.15) is 11.8 Å². The Bertz CT molecular complexity index is 327. The van der Waals surface area contributed by atoms with Crippen molar-refractivity contribution >= 4 is 18.4 Å². The van der Waals surface area contributed by atoms with Gasteiger partial charge in [0, 0.05) is 0 Å². The van der Waals surface area contributed by atoms with Gasteiger partial charge in [0.25, 0.3) is 0 Å². The predicted molar refractivity (Wildman–Crippen MR) is 63.8 cm³/mol. The number of halogens is 1. The molecule has 0 fully saturated rings. The summed E-state index contributed by atoms with van der Waals surface area (Å²) in [6.45, 7) is 2.52. The normalized spacial score (nSPS) is 11.2. The minimum Gasteiger partial charge on any atom is -0.494 e. The lowest BCUT2D eigenvalue weighted by molar-refractivity contribution is -0.142. The summed E-state index contributed by atoms with van der Waals surface area (Å²) in [6, 6.07) is 6.34. The lowest BCUT2D eigenvalue weighted by Crippen LogP contribution is -2.22. The van der Waals surface area contributed by atoms with E-state index in [-0.39, 0.29) is 12.4 Å². The third-order valence-electron chi connectivity index (χ3n) is 2.01. The van der Waals surface area contributed by atoms with Crippen LogP contribution in [0.5, 0.6) is 5.75 Å². The van der Waals surface area contributed by atoms with Crippen molar-refractivity contribution in [3.8, 4) is 5.75 Å². The molecule has 2 N–H and O–H groups in total. The van der Waals surface area contributed by atoms with Gasteiger partial charge in [0.2, 0.25) is 0 Å². The quantitative estimate of drug-likeness (QED) is 0.820. The highest BCUT2D eigenvalue weighted by atomic mass is 35.5. The zero-order valence-electron chi connectivity index (χ0n) is 9.30. The number of hydrogen-bond acceptors (Lipinski definition) is 4. The molecule has 90 valence electrons. The molecule has 0 amide bonds. The van der Waals surface area contributed by atoms with Crippen molar-refractivity contribution in [1.82, 2.24) is 0 Å². The van der Waals surface area contributed by atoms with Crippen LogP contribution in [0.25, 0.3) is 0 Å². The number of esters is 1. The van der Waals surface area contributed by atoms with Crippen LogP contribution in [0.4, 0.5) is 0 Å². The number of methoxy groups -OCH3 is 1. The Labute approximate surface area is 101 Å². The second-order valence-electron chi connectivity index (χ2n) is 3.00. The molecule has 1 aromatic rings. The van der Waals surface area contributed by atoms with Gasteiger partial charge in [0.15, 0.2) is 0 Å². The third kappa shape index (κ3) is 3.72. The minimum atomic E-state index is -0.731. The van der Waals surface area contributed by atoms with Crippen LogP contribution in [0, 0.1) is 0 Å². The molecule has 0 radical (unpaired) electrons. The molecule has 1 rings (SSSR count). The molecule has 0 spiro atoms. The van der Waals surface area contributed by atoms with Gasteiger partial charge in [-0.2, -0.15) is 0 Å². The topological polar surface area (TPSA) is 61.5 Å². The second-order valence-corrected chi connectivity index (χ2v) is 3.00. The maximum absolute atomic E-state index is 11.1. The molecule has 0 bridgehead atoms. The molecule has 16 heavy (non-hydrogen) atoms. The highest BCUT2D eigenvalue weighted by molar-refractivity contribution is 5.85. The number of ether oxygens (including phenoxy) is 2. The second kappa shape index (κ2) is 7.09. The van der Waals surface area contributed by atoms with Gasteiger partial charge in [-0.3, -0.25) is 4.79 Å². The van der Waals surface area contributed by atoms with Gasteiger partial charge in [-0.15, -0.1) is 12.4 Å². The molecule has 0 heterocycles. The summed E-state index contributed by atoms with van der Waals surface area (Å²) in [5.41, 5.74) is 6.37. The molecule has 0 aliphatic heterocycles. The molecule has 1 atom stereocenters. The SMILES string of the molecule is CCOc1ccc([C@@H](N)C(=O)OC)cc1.Cl. The molecule has 0 aromatic heterocycles. The van der Waals surface area contributed by atoms with Gasteiger partial charge in [0.05, 0.1) is 13.7 Å². The van der Waals surface area contributed by atoms with Crippen LogP contribution < -0.4 is 10.5 Å². The molecular formula is C11H16ClNO3. The summed E-state index contributed by atoms with van der Waals surface area (Å²) in [7, 11) is 1.32. The van der Waals surface area contributed by atoms with Crippen molar-refractivity contribution in [3.05, 3.63) is 29.8 Å². The summed E-state index contributed by atoms with van der Waals surface area (Å²) in [4.78, 5) is 11.1. The first-order valence-corrected chi connectivity index (χ1v) is 4.75. The van der Waals surface area contributed by atoms with E-state index in [4.69, 9.17) is 10.5 Å². The fourth-order valence-corrected chi connectivity index (χ4v) is 1.20. The highest BCUT2D eigenvalue weighted by Gasteiger charge is 2.15. The molecule has 0 unspecified atom stereocenters. The van der Waals surface area contributed by atoms with E-state index in [9.17, 15) is 4.79 Å². The maximum Gasteiger partial charge on any atom is 0.327 e. The van der Waals surface area contributed by atoms with E-state index in [1.54, 1.807) is 24.3 Å². The van der Waals surface area contributed by atoms with Crippen molar-refractivity contribution < 1.29 is 14.3 Å². The molecule has 0 saturated heterocycles. The van der Waals surface area contributed by atoms with E-state index in [0.717, 1.165) is 5.75 Å². The Morgan fingerprint density at radius 2 is 1.94 bits per heavy atom. The van der Waals surface area contributed by atoms with Crippen LogP contribution in [-0.4, -0.2) is 19.7 Å². The first kappa shape index (κ1) is 14.7. The van der Waals surface area contributed by atoms with Crippen LogP contribution in [0.2, 0.25) is 0 Å². The summed E-state index contributed by atoms with van der Waals surface area (Å²) in [6.07, 6.45) is 0. The van der Waals surface area contributed by atoms with Gasteiger partial charge >= 0.3 is 5.97 Å². The third-order valence-corrected chi connectivity index (χ3v) is 2.01. The van der Waals surface area contributed by atoms with Gasteiger partial charge in [-0.25, -0.2) is 0 Å². The van der Waals surface area contributed by atoms with Crippen molar-refractivity contribution in [1.29, 1.82) is 0 Å². The molecular weight excluding hydrogens is 230 g/mol. The number of benzene rings is 1. The zero-order chi connectivity index (χ0) is 11.3. The van der Waals surface area contributed by atoms with E-state index < -0.39 is 12.0 Å². The van der Waals surface area contributed by atoms with Gasteiger partial charge in [-0.05, 0) is 24.6 Å². The molecule has 4 nitrogen and oxygen atoms in total. The minimum absolute atomic E-state index is 0. The van der Waals surface area contributed by atoms with Crippen molar-refractivity contribution in [2.45, 2.75) is 13.0 Å². The Morgan fingerprint density at radius 1 is 1.38 bits per heavy atom. The molecule has 0 saturated carbocycles. The number of carbonyl (C=O) groups excluding carboxylic acids is 1. The standard InChI is InChI=1S/C11H15NO3.ClH/c1-3-15-9-6-4-8(5-7-9)10(12)11(13)14-2;/h4-7,10H,3,12H2,1-2H3;1H/t10-;/m1./s1. The number of nitrogens with two attached hydrogens (primary N) is 1. The van der Waals surface area contributed by atoms with Gasteiger partial charge in [-0.1, -0.05) is 12.1 Å². The number of hydrogen-bond donors (Lipinski definition) is 1. The molecule has 0 aliphatic rings. The van der Waals surface area contributed by atoms with Crippen LogP contribution in [0.3, 0.4) is 0 Å². The summed E-state index contributed by atoms with van der Waals surface area (Å²) >= 11 is 0.